The molecule has 1 aliphatic heterocycles. The normalized spacial score (nSPS) is 28.2. The highest BCUT2D eigenvalue weighted by atomic mass is 16.4. The van der Waals surface area contributed by atoms with Gasteiger partial charge >= 0.3 is 0 Å². The lowest BCUT2D eigenvalue weighted by molar-refractivity contribution is 0.127. The van der Waals surface area contributed by atoms with Crippen molar-refractivity contribution in [2.24, 2.45) is 16.8 Å². The van der Waals surface area contributed by atoms with Crippen molar-refractivity contribution in [3.8, 4) is 0 Å². The third-order valence-electron chi connectivity index (χ3n) is 3.53. The molecule has 4 nitrogen and oxygen atoms in total. The van der Waals surface area contributed by atoms with E-state index in [4.69, 9.17) is 10.9 Å². The van der Waals surface area contributed by atoms with E-state index < -0.39 is 0 Å². The quantitative estimate of drug-likeness (QED) is 0.248. The molecule has 0 saturated carbocycles. The van der Waals surface area contributed by atoms with Gasteiger partial charge in [0.2, 0.25) is 0 Å². The fourth-order valence-electron chi connectivity index (χ4n) is 2.46. The molecule has 0 radical (unpaired) electrons. The highest BCUT2D eigenvalue weighted by molar-refractivity contribution is 5.79. The van der Waals surface area contributed by atoms with E-state index in [9.17, 15) is 0 Å². The van der Waals surface area contributed by atoms with Crippen molar-refractivity contribution in [1.29, 1.82) is 0 Å². The number of likely N-dealkylation sites (tertiary alicyclic amines) is 1. The summed E-state index contributed by atoms with van der Waals surface area (Å²) in [6, 6.07) is 0.715. The summed E-state index contributed by atoms with van der Waals surface area (Å²) in [4.78, 5) is 2.56. The number of nitrogens with zero attached hydrogens (tertiary/aromatic N) is 2. The molecule has 16 heavy (non-hydrogen) atoms. The minimum atomic E-state index is 0.348. The van der Waals surface area contributed by atoms with Crippen LogP contribution in [0.4, 0.5) is 0 Å². The summed E-state index contributed by atoms with van der Waals surface area (Å²) < 4.78 is 0. The van der Waals surface area contributed by atoms with Crippen LogP contribution < -0.4 is 5.73 Å². The first-order chi connectivity index (χ1) is 7.63. The van der Waals surface area contributed by atoms with Crippen molar-refractivity contribution in [3.63, 3.8) is 0 Å². The lowest BCUT2D eigenvalue weighted by Gasteiger charge is -2.36. The number of piperidine rings is 1. The second-order valence-corrected chi connectivity index (χ2v) is 5.06. The van der Waals surface area contributed by atoms with Gasteiger partial charge < -0.3 is 15.8 Å². The Labute approximate surface area is 98.5 Å². The van der Waals surface area contributed by atoms with Crippen molar-refractivity contribution in [2.75, 3.05) is 13.1 Å². The van der Waals surface area contributed by atoms with Gasteiger partial charge in [0.25, 0.3) is 0 Å². The number of hydrogen-bond acceptors (Lipinski definition) is 3. The summed E-state index contributed by atoms with van der Waals surface area (Å²) in [7, 11) is 0. The highest BCUT2D eigenvalue weighted by Gasteiger charge is 2.21. The van der Waals surface area contributed by atoms with Crippen LogP contribution in [0, 0.1) is 5.92 Å². The molecule has 0 aliphatic carbocycles. The molecule has 0 aromatic rings. The summed E-state index contributed by atoms with van der Waals surface area (Å²) in [5, 5.41) is 11.4. The zero-order chi connectivity index (χ0) is 12.0. The molecule has 1 fully saturated rings. The molecule has 1 aliphatic rings. The molecule has 0 bridgehead atoms. The fourth-order valence-corrected chi connectivity index (χ4v) is 2.46. The van der Waals surface area contributed by atoms with E-state index in [1.165, 1.54) is 19.4 Å². The lowest BCUT2D eigenvalue weighted by Crippen LogP contribution is -2.40. The third-order valence-corrected chi connectivity index (χ3v) is 3.53. The zero-order valence-electron chi connectivity index (χ0n) is 10.5. The van der Waals surface area contributed by atoms with Gasteiger partial charge in [-0.25, -0.2) is 0 Å². The minimum absolute atomic E-state index is 0.348. The molecule has 1 heterocycles. The van der Waals surface area contributed by atoms with Crippen molar-refractivity contribution < 1.29 is 5.21 Å². The van der Waals surface area contributed by atoms with Crippen LogP contribution in [0.3, 0.4) is 0 Å². The number of oxime groups is 1. The number of rotatable bonds is 5. The van der Waals surface area contributed by atoms with Gasteiger partial charge in [0.1, 0.15) is 5.84 Å². The van der Waals surface area contributed by atoms with Gasteiger partial charge in [0, 0.05) is 12.5 Å². The predicted molar refractivity (Wildman–Crippen MR) is 66.7 cm³/mol. The Morgan fingerprint density at radius 2 is 2.19 bits per heavy atom. The van der Waals surface area contributed by atoms with Gasteiger partial charge in [-0.2, -0.15) is 0 Å². The van der Waals surface area contributed by atoms with Crippen LogP contribution in [0.2, 0.25) is 0 Å². The molecule has 2 atom stereocenters. The average molecular weight is 227 g/mol. The van der Waals surface area contributed by atoms with E-state index in [1.54, 1.807) is 0 Å². The summed E-state index contributed by atoms with van der Waals surface area (Å²) in [6.07, 6.45) is 5.49. The Balaban J connectivity index is 2.13. The number of hydrogen-bond donors (Lipinski definition) is 2. The van der Waals surface area contributed by atoms with Crippen LogP contribution in [-0.2, 0) is 0 Å². The first kappa shape index (κ1) is 13.3. The van der Waals surface area contributed by atoms with E-state index in [2.05, 4.69) is 23.9 Å². The smallest absolute Gasteiger partial charge is 0.139 e. The topological polar surface area (TPSA) is 61.8 Å². The number of unbranched alkanes of at least 4 members (excludes halogenated alkanes) is 1. The molecular formula is C12H25N3O. The molecule has 94 valence electrons. The Morgan fingerprint density at radius 1 is 1.44 bits per heavy atom. The molecule has 0 aromatic carbocycles. The standard InChI is InChI=1S/C12H25N3O/c1-10-6-8-15(11(2)9-10)7-4-3-5-12(13)14-16/h10-11,16H,3-9H2,1-2H3,(H2,13,14). The summed E-state index contributed by atoms with van der Waals surface area (Å²) in [5.41, 5.74) is 5.42. The first-order valence-corrected chi connectivity index (χ1v) is 6.34. The predicted octanol–water partition coefficient (Wildman–Crippen LogP) is 2.02. The summed E-state index contributed by atoms with van der Waals surface area (Å²) >= 11 is 0. The maximum Gasteiger partial charge on any atom is 0.139 e. The maximum atomic E-state index is 8.41. The average Bonchev–Trinajstić information content (AvgIpc) is 2.26. The van der Waals surface area contributed by atoms with Gasteiger partial charge in [-0.1, -0.05) is 12.1 Å². The molecule has 0 spiro atoms. The van der Waals surface area contributed by atoms with E-state index >= 15 is 0 Å². The number of amidine groups is 1. The van der Waals surface area contributed by atoms with Gasteiger partial charge in [-0.05, 0) is 51.6 Å². The Hall–Kier alpha value is -0.770. The maximum absolute atomic E-state index is 8.41. The Morgan fingerprint density at radius 3 is 2.81 bits per heavy atom. The third kappa shape index (κ3) is 4.39. The monoisotopic (exact) mass is 227 g/mol. The van der Waals surface area contributed by atoms with E-state index in [1.807, 2.05) is 0 Å². The van der Waals surface area contributed by atoms with Crippen LogP contribution >= 0.6 is 0 Å². The van der Waals surface area contributed by atoms with E-state index in [-0.39, 0.29) is 0 Å². The Bertz CT molecular complexity index is 230. The van der Waals surface area contributed by atoms with Crippen molar-refractivity contribution >= 4 is 5.84 Å². The number of nitrogens with two attached hydrogens (primary N) is 1. The molecule has 2 unspecified atom stereocenters. The van der Waals surface area contributed by atoms with Crippen LogP contribution in [-0.4, -0.2) is 35.1 Å². The van der Waals surface area contributed by atoms with Gasteiger partial charge in [0.15, 0.2) is 0 Å². The van der Waals surface area contributed by atoms with Crippen LogP contribution in [0.5, 0.6) is 0 Å². The van der Waals surface area contributed by atoms with E-state index in [0.29, 0.717) is 18.3 Å². The van der Waals surface area contributed by atoms with Crippen molar-refractivity contribution in [2.45, 2.75) is 52.0 Å². The SMILES string of the molecule is CC1CCN(CCCCC(N)=NO)C(C)C1. The fraction of sp³-hybridized carbons (Fsp3) is 0.917. The Kier molecular flexibility index (Phi) is 5.60. The zero-order valence-corrected chi connectivity index (χ0v) is 10.5. The molecule has 3 N–H and O–H groups in total. The van der Waals surface area contributed by atoms with Gasteiger partial charge in [-0.15, -0.1) is 0 Å². The van der Waals surface area contributed by atoms with Crippen molar-refractivity contribution in [3.05, 3.63) is 0 Å². The molecule has 1 rings (SSSR count). The molecule has 0 amide bonds. The summed E-state index contributed by atoms with van der Waals surface area (Å²) in [6.45, 7) is 7.03. The second kappa shape index (κ2) is 6.74. The van der Waals surface area contributed by atoms with Crippen LogP contribution in [0.1, 0.15) is 46.0 Å². The largest absolute Gasteiger partial charge is 0.409 e. The second-order valence-electron chi connectivity index (χ2n) is 5.06. The highest BCUT2D eigenvalue weighted by Crippen LogP contribution is 2.22. The van der Waals surface area contributed by atoms with Crippen LogP contribution in [0.15, 0.2) is 5.16 Å². The summed E-state index contributed by atoms with van der Waals surface area (Å²) in [5.74, 6) is 1.23. The van der Waals surface area contributed by atoms with E-state index in [0.717, 1.165) is 25.3 Å². The molecule has 1 saturated heterocycles. The van der Waals surface area contributed by atoms with Crippen molar-refractivity contribution in [1.82, 2.24) is 4.90 Å². The van der Waals surface area contributed by atoms with Gasteiger partial charge in [-0.3, -0.25) is 0 Å². The molecule has 0 aromatic heterocycles. The molecule has 4 heteroatoms. The first-order valence-electron chi connectivity index (χ1n) is 6.34. The van der Waals surface area contributed by atoms with Gasteiger partial charge in [0.05, 0.1) is 0 Å². The lowest BCUT2D eigenvalue weighted by atomic mass is 9.93. The van der Waals surface area contributed by atoms with Crippen LogP contribution in [0.25, 0.3) is 0 Å². The molecular weight excluding hydrogens is 202 g/mol. The minimum Gasteiger partial charge on any atom is -0.409 e.